The Hall–Kier alpha value is -3.19. The summed E-state index contributed by atoms with van der Waals surface area (Å²) in [6.07, 6.45) is 1.60. The van der Waals surface area contributed by atoms with E-state index in [1.807, 2.05) is 20.8 Å². The van der Waals surface area contributed by atoms with Gasteiger partial charge in [-0.3, -0.25) is 19.8 Å². The van der Waals surface area contributed by atoms with Crippen molar-refractivity contribution < 1.29 is 19.1 Å². The van der Waals surface area contributed by atoms with Crippen LogP contribution < -0.4 is 19.7 Å². The summed E-state index contributed by atoms with van der Waals surface area (Å²) < 4.78 is 11.1. The largest absolute Gasteiger partial charge is 0.494 e. The van der Waals surface area contributed by atoms with Crippen LogP contribution in [0.25, 0.3) is 6.08 Å². The molecule has 1 N–H and O–H groups in total. The van der Waals surface area contributed by atoms with Gasteiger partial charge in [-0.25, -0.2) is 0 Å². The number of benzene rings is 2. The van der Waals surface area contributed by atoms with Gasteiger partial charge in [0.05, 0.1) is 18.4 Å². The van der Waals surface area contributed by atoms with Gasteiger partial charge in [-0.15, -0.1) is 0 Å². The summed E-state index contributed by atoms with van der Waals surface area (Å²) in [4.78, 5) is 26.8. The van der Waals surface area contributed by atoms with Gasteiger partial charge in [0.1, 0.15) is 17.1 Å². The van der Waals surface area contributed by atoms with E-state index >= 15 is 0 Å². The second-order valence-electron chi connectivity index (χ2n) is 6.62. The van der Waals surface area contributed by atoms with Crippen LogP contribution in [0.5, 0.6) is 11.5 Å². The van der Waals surface area contributed by atoms with E-state index in [0.29, 0.717) is 23.6 Å². The summed E-state index contributed by atoms with van der Waals surface area (Å²) in [6.45, 7) is 6.26. The third-order valence-electron chi connectivity index (χ3n) is 4.05. The highest BCUT2D eigenvalue weighted by molar-refractivity contribution is 7.80. The molecule has 0 radical (unpaired) electrons. The molecule has 29 heavy (non-hydrogen) atoms. The normalized spacial score (nSPS) is 15.7. The first-order valence-electron chi connectivity index (χ1n) is 9.30. The van der Waals surface area contributed by atoms with Crippen LogP contribution in [0.4, 0.5) is 5.69 Å². The van der Waals surface area contributed by atoms with Crippen molar-refractivity contribution in [3.8, 4) is 11.5 Å². The number of ether oxygens (including phenoxy) is 2. The Bertz CT molecular complexity index is 967. The SMILES string of the molecule is CCOc1cccc(N2C(=O)/C(=C\c3ccc(OC(C)C)cc3)C(=O)NC2=S)c1. The van der Waals surface area contributed by atoms with E-state index < -0.39 is 11.8 Å². The number of hydrogen-bond donors (Lipinski definition) is 1. The molecule has 1 fully saturated rings. The van der Waals surface area contributed by atoms with E-state index in [4.69, 9.17) is 21.7 Å². The van der Waals surface area contributed by atoms with Gasteiger partial charge in [0.25, 0.3) is 11.8 Å². The fourth-order valence-corrected chi connectivity index (χ4v) is 3.13. The van der Waals surface area contributed by atoms with E-state index in [2.05, 4.69) is 5.32 Å². The molecule has 6 nitrogen and oxygen atoms in total. The van der Waals surface area contributed by atoms with Crippen LogP contribution in [0.3, 0.4) is 0 Å². The molecule has 2 amide bonds. The molecule has 1 aliphatic rings. The molecule has 0 bridgehead atoms. The predicted molar refractivity (Wildman–Crippen MR) is 116 cm³/mol. The van der Waals surface area contributed by atoms with Gasteiger partial charge in [0, 0.05) is 6.07 Å². The van der Waals surface area contributed by atoms with Gasteiger partial charge in [0.15, 0.2) is 5.11 Å². The number of nitrogens with one attached hydrogen (secondary N) is 1. The van der Waals surface area contributed by atoms with Gasteiger partial charge in [0.2, 0.25) is 0 Å². The van der Waals surface area contributed by atoms with E-state index in [1.54, 1.807) is 48.5 Å². The molecule has 2 aromatic carbocycles. The Kier molecular flexibility index (Phi) is 6.29. The molecule has 7 heteroatoms. The quantitative estimate of drug-likeness (QED) is 0.447. The average Bonchev–Trinajstić information content (AvgIpc) is 2.66. The summed E-state index contributed by atoms with van der Waals surface area (Å²) >= 11 is 5.23. The zero-order valence-electron chi connectivity index (χ0n) is 16.5. The maximum atomic E-state index is 13.1. The second-order valence-corrected chi connectivity index (χ2v) is 7.01. The number of hydrogen-bond acceptors (Lipinski definition) is 5. The lowest BCUT2D eigenvalue weighted by molar-refractivity contribution is -0.122. The van der Waals surface area contributed by atoms with Crippen molar-refractivity contribution in [2.75, 3.05) is 11.5 Å². The van der Waals surface area contributed by atoms with Crippen LogP contribution in [-0.2, 0) is 9.59 Å². The number of amides is 2. The lowest BCUT2D eigenvalue weighted by Gasteiger charge is -2.29. The average molecular weight is 410 g/mol. The first-order chi connectivity index (χ1) is 13.9. The zero-order valence-corrected chi connectivity index (χ0v) is 17.3. The second kappa shape index (κ2) is 8.87. The maximum Gasteiger partial charge on any atom is 0.270 e. The van der Waals surface area contributed by atoms with Crippen molar-refractivity contribution in [2.24, 2.45) is 0 Å². The number of anilines is 1. The Balaban J connectivity index is 1.90. The molecule has 3 rings (SSSR count). The molecule has 0 saturated carbocycles. The van der Waals surface area contributed by atoms with Crippen LogP contribution in [0.2, 0.25) is 0 Å². The molecule has 1 heterocycles. The summed E-state index contributed by atoms with van der Waals surface area (Å²) in [6, 6.07) is 14.2. The molecular weight excluding hydrogens is 388 g/mol. The Morgan fingerprint density at radius 1 is 1.10 bits per heavy atom. The third kappa shape index (κ3) is 4.81. The monoisotopic (exact) mass is 410 g/mol. The van der Waals surface area contributed by atoms with Gasteiger partial charge < -0.3 is 9.47 Å². The molecule has 0 aromatic heterocycles. The van der Waals surface area contributed by atoms with Crippen LogP contribution in [0, 0.1) is 0 Å². The van der Waals surface area contributed by atoms with Crippen LogP contribution in [0.15, 0.2) is 54.1 Å². The Labute approximate surface area is 175 Å². The fraction of sp³-hybridized carbons (Fsp3) is 0.227. The van der Waals surface area contributed by atoms with Crippen LogP contribution >= 0.6 is 12.2 Å². The molecular formula is C22H22N2O4S. The number of carbonyl (C=O) groups is 2. The molecule has 2 aromatic rings. The van der Waals surface area contributed by atoms with E-state index in [-0.39, 0.29) is 16.8 Å². The van der Waals surface area contributed by atoms with Crippen molar-refractivity contribution in [2.45, 2.75) is 26.9 Å². The highest BCUT2D eigenvalue weighted by Gasteiger charge is 2.34. The van der Waals surface area contributed by atoms with Crippen molar-refractivity contribution in [3.63, 3.8) is 0 Å². The minimum atomic E-state index is -0.528. The highest BCUT2D eigenvalue weighted by Crippen LogP contribution is 2.26. The van der Waals surface area contributed by atoms with Gasteiger partial charge in [-0.05, 0) is 68.9 Å². The fourth-order valence-electron chi connectivity index (χ4n) is 2.85. The van der Waals surface area contributed by atoms with Crippen molar-refractivity contribution in [3.05, 3.63) is 59.7 Å². The van der Waals surface area contributed by atoms with Gasteiger partial charge in [-0.1, -0.05) is 18.2 Å². The van der Waals surface area contributed by atoms with E-state index in [9.17, 15) is 9.59 Å². The summed E-state index contributed by atoms with van der Waals surface area (Å²) in [5.41, 5.74) is 1.23. The molecule has 0 unspecified atom stereocenters. The minimum absolute atomic E-state index is 0.00191. The minimum Gasteiger partial charge on any atom is -0.494 e. The van der Waals surface area contributed by atoms with E-state index in [1.165, 1.54) is 11.0 Å². The van der Waals surface area contributed by atoms with Crippen molar-refractivity contribution in [1.82, 2.24) is 5.32 Å². The van der Waals surface area contributed by atoms with Crippen LogP contribution in [-0.4, -0.2) is 29.6 Å². The lowest BCUT2D eigenvalue weighted by Crippen LogP contribution is -2.54. The standard InChI is InChI=1S/C22H22N2O4S/c1-4-27-18-7-5-6-16(13-18)24-21(26)19(20(25)23-22(24)29)12-15-8-10-17(11-9-15)28-14(2)3/h5-14H,4H2,1-3H3,(H,23,25,29)/b19-12-. The maximum absolute atomic E-state index is 13.1. The molecule has 0 spiro atoms. The predicted octanol–water partition coefficient (Wildman–Crippen LogP) is 3.70. The smallest absolute Gasteiger partial charge is 0.270 e. The zero-order chi connectivity index (χ0) is 21.0. The number of carbonyl (C=O) groups excluding carboxylic acids is 2. The number of nitrogens with zero attached hydrogens (tertiary/aromatic N) is 1. The Morgan fingerprint density at radius 2 is 1.83 bits per heavy atom. The van der Waals surface area contributed by atoms with Crippen molar-refractivity contribution in [1.29, 1.82) is 0 Å². The van der Waals surface area contributed by atoms with E-state index in [0.717, 1.165) is 5.75 Å². The first-order valence-corrected chi connectivity index (χ1v) is 9.71. The summed E-state index contributed by atoms with van der Waals surface area (Å²) in [7, 11) is 0. The molecule has 0 atom stereocenters. The molecule has 1 aliphatic heterocycles. The van der Waals surface area contributed by atoms with Gasteiger partial charge in [-0.2, -0.15) is 0 Å². The molecule has 1 saturated heterocycles. The van der Waals surface area contributed by atoms with Crippen LogP contribution in [0.1, 0.15) is 26.3 Å². The lowest BCUT2D eigenvalue weighted by atomic mass is 10.1. The third-order valence-corrected chi connectivity index (χ3v) is 4.34. The van der Waals surface area contributed by atoms with Gasteiger partial charge >= 0.3 is 0 Å². The number of thiocarbonyl (C=S) groups is 1. The highest BCUT2D eigenvalue weighted by atomic mass is 32.1. The van der Waals surface area contributed by atoms with Crippen molar-refractivity contribution >= 4 is 40.9 Å². The Morgan fingerprint density at radius 3 is 2.48 bits per heavy atom. The molecule has 150 valence electrons. The molecule has 0 aliphatic carbocycles. The number of rotatable bonds is 6. The first kappa shape index (κ1) is 20.5. The summed E-state index contributed by atoms with van der Waals surface area (Å²) in [5.74, 6) is 0.315. The topological polar surface area (TPSA) is 67.9 Å². The summed E-state index contributed by atoms with van der Waals surface area (Å²) in [5, 5.41) is 2.62.